The van der Waals surface area contributed by atoms with Crippen LogP contribution in [-0.2, 0) is 19.9 Å². The van der Waals surface area contributed by atoms with Gasteiger partial charge in [-0.15, -0.1) is 0 Å². The molecule has 0 saturated heterocycles. The van der Waals surface area contributed by atoms with Gasteiger partial charge >= 0.3 is 0 Å². The zero-order chi connectivity index (χ0) is 11.5. The van der Waals surface area contributed by atoms with E-state index in [1.54, 1.807) is 0 Å². The molecule has 0 aliphatic heterocycles. The van der Waals surface area contributed by atoms with Crippen LogP contribution in [0.2, 0.25) is 0 Å². The lowest BCUT2D eigenvalue weighted by Crippen LogP contribution is -1.99. The molecule has 0 fully saturated rings. The number of para-hydroxylation sites is 1. The van der Waals surface area contributed by atoms with Crippen molar-refractivity contribution in [2.45, 2.75) is 26.2 Å². The minimum Gasteiger partial charge on any atom is -0.350 e. The topological polar surface area (TPSA) is 30.9 Å². The van der Waals surface area contributed by atoms with Gasteiger partial charge in [0.05, 0.1) is 5.52 Å². The Morgan fingerprint density at radius 3 is 2.75 bits per heavy atom. The number of nitrogens with two attached hydrogens (primary N) is 1. The summed E-state index contributed by atoms with van der Waals surface area (Å²) in [5, 5.41) is 1.40. The van der Waals surface area contributed by atoms with Gasteiger partial charge < -0.3 is 10.3 Å². The zero-order valence-electron chi connectivity index (χ0n) is 10.2. The van der Waals surface area contributed by atoms with Gasteiger partial charge in [0, 0.05) is 18.6 Å². The van der Waals surface area contributed by atoms with E-state index in [1.807, 2.05) is 0 Å². The van der Waals surface area contributed by atoms with Gasteiger partial charge in [-0.3, -0.25) is 0 Å². The van der Waals surface area contributed by atoms with Gasteiger partial charge in [-0.05, 0) is 36.9 Å². The van der Waals surface area contributed by atoms with E-state index in [2.05, 4.69) is 42.9 Å². The third-order valence-electron chi connectivity index (χ3n) is 3.20. The number of aromatic nitrogens is 1. The maximum atomic E-state index is 5.58. The van der Waals surface area contributed by atoms with Gasteiger partial charge in [-0.1, -0.05) is 25.1 Å². The van der Waals surface area contributed by atoms with Crippen molar-refractivity contribution in [3.05, 3.63) is 35.5 Å². The lowest BCUT2D eigenvalue weighted by molar-refractivity contribution is 0.830. The lowest BCUT2D eigenvalue weighted by atomic mass is 10.0. The van der Waals surface area contributed by atoms with Crippen LogP contribution in [0, 0.1) is 0 Å². The Balaban J connectivity index is 2.53. The first kappa shape index (κ1) is 11.2. The molecular formula is C14H20N2. The minimum atomic E-state index is 0.768. The number of fused-ring (bicyclic) bond motifs is 1. The second-order valence-electron chi connectivity index (χ2n) is 4.32. The Labute approximate surface area is 97.1 Å². The fourth-order valence-electron chi connectivity index (χ4n) is 2.41. The molecule has 2 N–H and O–H groups in total. The van der Waals surface area contributed by atoms with Crippen LogP contribution < -0.4 is 5.73 Å². The van der Waals surface area contributed by atoms with Crippen LogP contribution in [0.15, 0.2) is 24.4 Å². The maximum absolute atomic E-state index is 5.58. The molecule has 0 amide bonds. The molecule has 86 valence electrons. The first-order valence-electron chi connectivity index (χ1n) is 6.03. The summed E-state index contributed by atoms with van der Waals surface area (Å²) in [4.78, 5) is 0. The molecule has 1 heterocycles. The molecule has 0 bridgehead atoms. The van der Waals surface area contributed by atoms with Gasteiger partial charge in [0.25, 0.3) is 0 Å². The fraction of sp³-hybridized carbons (Fsp3) is 0.429. The normalized spacial score (nSPS) is 11.2. The highest BCUT2D eigenvalue weighted by Crippen LogP contribution is 2.25. The summed E-state index contributed by atoms with van der Waals surface area (Å²) >= 11 is 0. The first-order chi connectivity index (χ1) is 7.77. The summed E-state index contributed by atoms with van der Waals surface area (Å²) in [7, 11) is 2.13. The minimum absolute atomic E-state index is 0.768. The van der Waals surface area contributed by atoms with E-state index < -0.39 is 0 Å². The van der Waals surface area contributed by atoms with E-state index in [0.29, 0.717) is 0 Å². The van der Waals surface area contributed by atoms with Crippen molar-refractivity contribution in [1.29, 1.82) is 0 Å². The lowest BCUT2D eigenvalue weighted by Gasteiger charge is -2.03. The number of hydrogen-bond donors (Lipinski definition) is 1. The summed E-state index contributed by atoms with van der Waals surface area (Å²) in [5.74, 6) is 0. The number of aryl methyl sites for hydroxylation is 3. The molecule has 0 unspecified atom stereocenters. The molecule has 1 aromatic carbocycles. The van der Waals surface area contributed by atoms with Crippen molar-refractivity contribution in [1.82, 2.24) is 4.57 Å². The van der Waals surface area contributed by atoms with E-state index >= 15 is 0 Å². The highest BCUT2D eigenvalue weighted by atomic mass is 14.9. The van der Waals surface area contributed by atoms with Gasteiger partial charge in [0.15, 0.2) is 0 Å². The molecule has 0 aliphatic rings. The van der Waals surface area contributed by atoms with E-state index in [1.165, 1.54) is 22.0 Å². The predicted molar refractivity (Wildman–Crippen MR) is 69.7 cm³/mol. The van der Waals surface area contributed by atoms with Crippen molar-refractivity contribution in [2.24, 2.45) is 12.8 Å². The second-order valence-corrected chi connectivity index (χ2v) is 4.32. The maximum Gasteiger partial charge on any atom is 0.0512 e. The molecular weight excluding hydrogens is 196 g/mol. The van der Waals surface area contributed by atoms with Crippen molar-refractivity contribution in [3.8, 4) is 0 Å². The van der Waals surface area contributed by atoms with Gasteiger partial charge in [0.1, 0.15) is 0 Å². The number of rotatable bonds is 4. The van der Waals surface area contributed by atoms with Crippen molar-refractivity contribution in [2.75, 3.05) is 6.54 Å². The van der Waals surface area contributed by atoms with Crippen LogP contribution in [-0.4, -0.2) is 11.1 Å². The zero-order valence-corrected chi connectivity index (χ0v) is 10.2. The Hall–Kier alpha value is -1.28. The Bertz CT molecular complexity index is 483. The summed E-state index contributed by atoms with van der Waals surface area (Å²) in [6.07, 6.45) is 5.49. The highest BCUT2D eigenvalue weighted by Gasteiger charge is 2.08. The van der Waals surface area contributed by atoms with Crippen LogP contribution in [0.3, 0.4) is 0 Å². The van der Waals surface area contributed by atoms with Crippen LogP contribution in [0.5, 0.6) is 0 Å². The SMILES string of the molecule is CCc1cccc2c(CCCN)cn(C)c12. The largest absolute Gasteiger partial charge is 0.350 e. The van der Waals surface area contributed by atoms with E-state index in [0.717, 1.165) is 25.8 Å². The summed E-state index contributed by atoms with van der Waals surface area (Å²) in [6.45, 7) is 2.98. The molecule has 1 aromatic heterocycles. The third-order valence-corrected chi connectivity index (χ3v) is 3.20. The molecule has 2 rings (SSSR count). The van der Waals surface area contributed by atoms with Crippen LogP contribution in [0.4, 0.5) is 0 Å². The van der Waals surface area contributed by atoms with Gasteiger partial charge in [0.2, 0.25) is 0 Å². The summed E-state index contributed by atoms with van der Waals surface area (Å²) in [5.41, 5.74) is 9.82. The summed E-state index contributed by atoms with van der Waals surface area (Å²) < 4.78 is 2.25. The molecule has 2 heteroatoms. The monoisotopic (exact) mass is 216 g/mol. The molecule has 0 radical (unpaired) electrons. The van der Waals surface area contributed by atoms with Crippen molar-refractivity contribution < 1.29 is 0 Å². The van der Waals surface area contributed by atoms with Crippen molar-refractivity contribution in [3.63, 3.8) is 0 Å². The average Bonchev–Trinajstić information content (AvgIpc) is 2.64. The Kier molecular flexibility index (Phi) is 3.30. The van der Waals surface area contributed by atoms with E-state index in [9.17, 15) is 0 Å². The Morgan fingerprint density at radius 1 is 1.25 bits per heavy atom. The molecule has 2 nitrogen and oxygen atoms in total. The number of benzene rings is 1. The number of nitrogens with zero attached hydrogens (tertiary/aromatic N) is 1. The molecule has 0 aliphatic carbocycles. The van der Waals surface area contributed by atoms with Crippen LogP contribution in [0.1, 0.15) is 24.5 Å². The molecule has 2 aromatic rings. The van der Waals surface area contributed by atoms with Gasteiger partial charge in [-0.2, -0.15) is 0 Å². The van der Waals surface area contributed by atoms with E-state index in [4.69, 9.17) is 5.73 Å². The fourth-order valence-corrected chi connectivity index (χ4v) is 2.41. The molecule has 16 heavy (non-hydrogen) atoms. The molecule has 0 saturated carbocycles. The Morgan fingerprint density at radius 2 is 2.06 bits per heavy atom. The average molecular weight is 216 g/mol. The molecule has 0 atom stereocenters. The summed E-state index contributed by atoms with van der Waals surface area (Å²) in [6, 6.07) is 6.60. The second kappa shape index (κ2) is 4.71. The predicted octanol–water partition coefficient (Wildman–Crippen LogP) is 2.63. The quantitative estimate of drug-likeness (QED) is 0.837. The van der Waals surface area contributed by atoms with Crippen LogP contribution in [0.25, 0.3) is 10.9 Å². The smallest absolute Gasteiger partial charge is 0.0512 e. The third kappa shape index (κ3) is 1.85. The van der Waals surface area contributed by atoms with Crippen LogP contribution >= 0.6 is 0 Å². The van der Waals surface area contributed by atoms with E-state index in [-0.39, 0.29) is 0 Å². The number of hydrogen-bond acceptors (Lipinski definition) is 1. The van der Waals surface area contributed by atoms with Crippen molar-refractivity contribution >= 4 is 10.9 Å². The van der Waals surface area contributed by atoms with Gasteiger partial charge in [-0.25, -0.2) is 0 Å². The highest BCUT2D eigenvalue weighted by molar-refractivity contribution is 5.86. The standard InChI is InChI=1S/C14H20N2/c1-3-11-6-4-8-13-12(7-5-9-15)10-16(2)14(11)13/h4,6,8,10H,3,5,7,9,15H2,1-2H3. The first-order valence-corrected chi connectivity index (χ1v) is 6.03. The molecule has 0 spiro atoms.